The first-order chi connectivity index (χ1) is 21.0. The summed E-state index contributed by atoms with van der Waals surface area (Å²) < 4.78 is 131. The molecule has 0 radical (unpaired) electrons. The Morgan fingerprint density at radius 3 is 1.02 bits per heavy atom. The lowest BCUT2D eigenvalue weighted by molar-refractivity contribution is -0.138. The zero-order chi connectivity index (χ0) is 34.8. The lowest BCUT2D eigenvalue weighted by Gasteiger charge is -2.15. The molecule has 0 fully saturated rings. The number of anilines is 2. The monoisotopic (exact) mass is 686 g/mol. The normalized spacial score (nSPS) is 12.3. The zero-order valence-corrected chi connectivity index (χ0v) is 27.3. The van der Waals surface area contributed by atoms with E-state index in [1.54, 1.807) is 52.0 Å². The van der Waals surface area contributed by atoms with E-state index in [0.717, 1.165) is 47.5 Å². The van der Waals surface area contributed by atoms with Crippen molar-refractivity contribution in [3.63, 3.8) is 0 Å². The molecule has 0 saturated heterocycles. The number of halogens is 6. The summed E-state index contributed by atoms with van der Waals surface area (Å²) in [5, 5.41) is 0. The van der Waals surface area contributed by atoms with Crippen molar-refractivity contribution >= 4 is 31.4 Å². The van der Waals surface area contributed by atoms with Crippen LogP contribution in [-0.4, -0.2) is 16.8 Å². The number of nitrogens with one attached hydrogen (secondary N) is 2. The molecule has 4 aromatic carbocycles. The number of alkyl halides is 6. The highest BCUT2D eigenvalue weighted by Crippen LogP contribution is 2.33. The van der Waals surface area contributed by atoms with E-state index in [0.29, 0.717) is 22.3 Å². The van der Waals surface area contributed by atoms with Gasteiger partial charge in [0.05, 0.1) is 20.9 Å². The standard InChI is InChI=1S/2C16H16F3NO2S/c2*1-10-7-11(2)15(12(3)8-10)23(21,22)20-14-6-4-5-13(9-14)16(17,18)19/h2*4-9,20H,1-3H3. The van der Waals surface area contributed by atoms with Crippen molar-refractivity contribution in [3.05, 3.63) is 117 Å². The van der Waals surface area contributed by atoms with Gasteiger partial charge in [-0.2, -0.15) is 26.3 Å². The minimum Gasteiger partial charge on any atom is -0.280 e. The molecule has 0 heterocycles. The largest absolute Gasteiger partial charge is 0.416 e. The Bertz CT molecular complexity index is 1780. The van der Waals surface area contributed by atoms with Crippen LogP contribution in [0.1, 0.15) is 44.5 Å². The maximum atomic E-state index is 12.7. The number of hydrogen-bond acceptors (Lipinski definition) is 4. The predicted octanol–water partition coefficient (Wildman–Crippen LogP) is 8.86. The predicted molar refractivity (Wildman–Crippen MR) is 166 cm³/mol. The average Bonchev–Trinajstić information content (AvgIpc) is 2.86. The van der Waals surface area contributed by atoms with Gasteiger partial charge in [0, 0.05) is 11.4 Å². The summed E-state index contributed by atoms with van der Waals surface area (Å²) in [5.74, 6) is 0. The van der Waals surface area contributed by atoms with Gasteiger partial charge in [-0.1, -0.05) is 47.5 Å². The summed E-state index contributed by atoms with van der Waals surface area (Å²) >= 11 is 0. The molecule has 2 N–H and O–H groups in total. The molecule has 248 valence electrons. The number of sulfonamides is 2. The molecule has 4 aromatic rings. The molecule has 0 saturated carbocycles. The molecule has 6 nitrogen and oxygen atoms in total. The molecule has 4 rings (SSSR count). The zero-order valence-electron chi connectivity index (χ0n) is 25.6. The Morgan fingerprint density at radius 1 is 0.478 bits per heavy atom. The fourth-order valence-corrected chi connectivity index (χ4v) is 8.12. The summed E-state index contributed by atoms with van der Waals surface area (Å²) in [6.45, 7) is 10.3. The molecular formula is C32H32F6N2O4S2. The quantitative estimate of drug-likeness (QED) is 0.198. The van der Waals surface area contributed by atoms with Crippen LogP contribution in [0, 0.1) is 41.5 Å². The molecule has 0 atom stereocenters. The van der Waals surface area contributed by atoms with Crippen LogP contribution < -0.4 is 9.44 Å². The van der Waals surface area contributed by atoms with E-state index >= 15 is 0 Å². The summed E-state index contributed by atoms with van der Waals surface area (Å²) in [6, 6.07) is 15.1. The van der Waals surface area contributed by atoms with Crippen molar-refractivity contribution < 1.29 is 43.2 Å². The van der Waals surface area contributed by atoms with Crippen LogP contribution in [-0.2, 0) is 32.4 Å². The van der Waals surface area contributed by atoms with Gasteiger partial charge in [-0.15, -0.1) is 0 Å². The van der Waals surface area contributed by atoms with Gasteiger partial charge in [0.2, 0.25) is 0 Å². The highest BCUT2D eigenvalue weighted by Gasteiger charge is 2.32. The summed E-state index contributed by atoms with van der Waals surface area (Å²) in [6.07, 6.45) is -9.06. The van der Waals surface area contributed by atoms with Gasteiger partial charge in [0.15, 0.2) is 0 Å². The molecule has 0 unspecified atom stereocenters. The van der Waals surface area contributed by atoms with Crippen LogP contribution in [0.5, 0.6) is 0 Å². The average molecular weight is 687 g/mol. The summed E-state index contributed by atoms with van der Waals surface area (Å²) in [4.78, 5) is 0.168. The van der Waals surface area contributed by atoms with E-state index in [4.69, 9.17) is 0 Å². The van der Waals surface area contributed by atoms with Crippen molar-refractivity contribution in [3.8, 4) is 0 Å². The van der Waals surface area contributed by atoms with Gasteiger partial charge in [-0.05, 0) is 100 Å². The van der Waals surface area contributed by atoms with Crippen LogP contribution in [0.25, 0.3) is 0 Å². The lowest BCUT2D eigenvalue weighted by atomic mass is 10.1. The Morgan fingerprint density at radius 2 is 0.761 bits per heavy atom. The third kappa shape index (κ3) is 9.03. The maximum Gasteiger partial charge on any atom is 0.416 e. The van der Waals surface area contributed by atoms with Crippen LogP contribution in [0.3, 0.4) is 0 Å². The van der Waals surface area contributed by atoms with Gasteiger partial charge in [-0.25, -0.2) is 16.8 Å². The molecular weight excluding hydrogens is 654 g/mol. The van der Waals surface area contributed by atoms with Crippen molar-refractivity contribution in [2.45, 2.75) is 63.7 Å². The molecule has 0 bridgehead atoms. The number of rotatable bonds is 6. The van der Waals surface area contributed by atoms with E-state index in [9.17, 15) is 43.2 Å². The first-order valence-corrected chi connectivity index (χ1v) is 16.5. The fraction of sp³-hybridized carbons (Fsp3) is 0.250. The summed E-state index contributed by atoms with van der Waals surface area (Å²) in [5.41, 5.74) is 1.94. The molecule has 14 heteroatoms. The van der Waals surface area contributed by atoms with Gasteiger partial charge in [0.1, 0.15) is 0 Å². The van der Waals surface area contributed by atoms with Crippen molar-refractivity contribution in [2.24, 2.45) is 0 Å². The van der Waals surface area contributed by atoms with Crippen LogP contribution in [0.2, 0.25) is 0 Å². The van der Waals surface area contributed by atoms with E-state index < -0.39 is 43.5 Å². The Balaban J connectivity index is 0.000000250. The fourth-order valence-electron chi connectivity index (χ4n) is 5.11. The van der Waals surface area contributed by atoms with Crippen molar-refractivity contribution in [2.75, 3.05) is 9.44 Å². The van der Waals surface area contributed by atoms with Crippen molar-refractivity contribution in [1.82, 2.24) is 0 Å². The number of aryl methyl sites for hydroxylation is 6. The number of benzene rings is 4. The number of hydrogen-bond donors (Lipinski definition) is 2. The van der Waals surface area contributed by atoms with Crippen LogP contribution in [0.15, 0.2) is 82.6 Å². The second-order valence-electron chi connectivity index (χ2n) is 10.8. The Labute approximate surface area is 264 Å². The molecule has 0 amide bonds. The van der Waals surface area contributed by atoms with E-state index in [1.807, 2.05) is 13.8 Å². The van der Waals surface area contributed by atoms with E-state index in [-0.39, 0.29) is 21.2 Å². The molecule has 0 spiro atoms. The second-order valence-corrected chi connectivity index (χ2v) is 14.1. The van der Waals surface area contributed by atoms with Gasteiger partial charge in [-0.3, -0.25) is 9.44 Å². The first-order valence-electron chi connectivity index (χ1n) is 13.6. The molecule has 46 heavy (non-hydrogen) atoms. The van der Waals surface area contributed by atoms with Gasteiger partial charge in [0.25, 0.3) is 20.0 Å². The molecule has 0 aliphatic heterocycles. The lowest BCUT2D eigenvalue weighted by Crippen LogP contribution is -2.16. The third-order valence-electron chi connectivity index (χ3n) is 6.63. The van der Waals surface area contributed by atoms with Crippen LogP contribution in [0.4, 0.5) is 37.7 Å². The second kappa shape index (κ2) is 13.4. The SMILES string of the molecule is Cc1cc(C)c(S(=O)(=O)Nc2cccc(C(F)(F)F)c2)c(C)c1.Cc1cc(C)c(S(=O)(=O)Nc2cccc(C(F)(F)F)c2)c(C)c1. The topological polar surface area (TPSA) is 92.3 Å². The first kappa shape index (κ1) is 36.4. The van der Waals surface area contributed by atoms with Gasteiger partial charge < -0.3 is 0 Å². The van der Waals surface area contributed by atoms with E-state index in [1.165, 1.54) is 12.1 Å². The minimum atomic E-state index is -4.53. The van der Waals surface area contributed by atoms with Crippen molar-refractivity contribution in [1.29, 1.82) is 0 Å². The molecule has 0 aromatic heterocycles. The third-order valence-corrected chi connectivity index (χ3v) is 10.0. The molecule has 0 aliphatic carbocycles. The highest BCUT2D eigenvalue weighted by atomic mass is 32.2. The van der Waals surface area contributed by atoms with Gasteiger partial charge >= 0.3 is 12.4 Å². The molecule has 0 aliphatic rings. The van der Waals surface area contributed by atoms with Crippen LogP contribution >= 0.6 is 0 Å². The Kier molecular flexibility index (Phi) is 10.6. The smallest absolute Gasteiger partial charge is 0.280 e. The summed E-state index contributed by atoms with van der Waals surface area (Å²) in [7, 11) is -7.94. The van der Waals surface area contributed by atoms with E-state index in [2.05, 4.69) is 9.44 Å². The maximum absolute atomic E-state index is 12.7. The Hall–Kier alpha value is -4.04. The minimum absolute atomic E-state index is 0.0838. The highest BCUT2D eigenvalue weighted by molar-refractivity contribution is 7.93.